The predicted octanol–water partition coefficient (Wildman–Crippen LogP) is 5.41. The molecule has 2 aromatic carbocycles. The Morgan fingerprint density at radius 3 is 2.37 bits per heavy atom. The molecule has 128 valence electrons. The highest BCUT2D eigenvalue weighted by Gasteiger charge is 2.22. The molecule has 1 aromatic heterocycles. The maximum atomic E-state index is 9.55. The summed E-state index contributed by atoms with van der Waals surface area (Å²) in [4.78, 5) is 6.54. The largest absolute Gasteiger partial charge is 0.316 e. The van der Waals surface area contributed by atoms with Gasteiger partial charge in [0.1, 0.15) is 0 Å². The van der Waals surface area contributed by atoms with E-state index < -0.39 is 0 Å². The monoisotopic (exact) mass is 347 g/mol. The van der Waals surface area contributed by atoms with E-state index in [0.717, 1.165) is 33.8 Å². The van der Waals surface area contributed by atoms with Crippen LogP contribution in [-0.4, -0.2) is 4.98 Å². The van der Waals surface area contributed by atoms with E-state index in [2.05, 4.69) is 23.7 Å². The van der Waals surface area contributed by atoms with Gasteiger partial charge in [0.15, 0.2) is 0 Å². The smallest absolute Gasteiger partial charge is 0.0998 e. The molecule has 0 atom stereocenters. The summed E-state index contributed by atoms with van der Waals surface area (Å²) in [5, 5.41) is 9.55. The molecule has 3 nitrogen and oxygen atoms in total. The quantitative estimate of drug-likeness (QED) is 0.636. The first-order valence-corrected chi connectivity index (χ1v) is 8.66. The highest BCUT2D eigenvalue weighted by molar-refractivity contribution is 5.97. The van der Waals surface area contributed by atoms with Gasteiger partial charge in [-0.2, -0.15) is 5.26 Å². The molecule has 0 unspecified atom stereocenters. The fraction of sp³-hybridized carbons (Fsp3) is 0. The number of hydrogen-bond donors (Lipinski definition) is 0. The first kappa shape index (κ1) is 16.6. The molecule has 3 aromatic rings. The van der Waals surface area contributed by atoms with E-state index in [9.17, 15) is 5.26 Å². The Morgan fingerprint density at radius 1 is 0.889 bits per heavy atom. The SMILES string of the molecule is C=C1C(c2ccccc2C#N)=CC(c2ccccn2)=CN1c1ccccc1. The summed E-state index contributed by atoms with van der Waals surface area (Å²) in [5.74, 6) is 0. The molecule has 0 fully saturated rings. The van der Waals surface area contributed by atoms with Gasteiger partial charge in [-0.25, -0.2) is 0 Å². The van der Waals surface area contributed by atoms with Crippen LogP contribution < -0.4 is 4.90 Å². The van der Waals surface area contributed by atoms with E-state index in [-0.39, 0.29) is 0 Å². The fourth-order valence-electron chi connectivity index (χ4n) is 3.16. The predicted molar refractivity (Wildman–Crippen MR) is 109 cm³/mol. The Kier molecular flexibility index (Phi) is 4.38. The molecule has 2 heterocycles. The van der Waals surface area contributed by atoms with Crippen LogP contribution in [0.3, 0.4) is 0 Å². The minimum atomic E-state index is 0.625. The summed E-state index contributed by atoms with van der Waals surface area (Å²) in [6.45, 7) is 4.32. The molecular weight excluding hydrogens is 330 g/mol. The first-order valence-electron chi connectivity index (χ1n) is 8.66. The average Bonchev–Trinajstić information content (AvgIpc) is 2.75. The van der Waals surface area contributed by atoms with Crippen LogP contribution in [0.25, 0.3) is 11.1 Å². The van der Waals surface area contributed by atoms with Crippen LogP contribution in [0.1, 0.15) is 16.8 Å². The molecule has 27 heavy (non-hydrogen) atoms. The number of anilines is 1. The summed E-state index contributed by atoms with van der Waals surface area (Å²) in [6, 6.07) is 25.8. The number of para-hydroxylation sites is 1. The van der Waals surface area contributed by atoms with Crippen molar-refractivity contribution in [2.45, 2.75) is 0 Å². The lowest BCUT2D eigenvalue weighted by Crippen LogP contribution is -2.20. The van der Waals surface area contributed by atoms with Crippen LogP contribution in [0.4, 0.5) is 5.69 Å². The van der Waals surface area contributed by atoms with Crippen LogP contribution in [0, 0.1) is 11.3 Å². The first-order chi connectivity index (χ1) is 13.3. The molecule has 0 bridgehead atoms. The van der Waals surface area contributed by atoms with Crippen molar-refractivity contribution in [3.05, 3.63) is 120 Å². The Balaban J connectivity index is 1.90. The number of aromatic nitrogens is 1. The number of allylic oxidation sites excluding steroid dienone is 3. The Hall–Kier alpha value is -3.90. The third-order valence-corrected chi connectivity index (χ3v) is 4.50. The molecule has 0 saturated heterocycles. The highest BCUT2D eigenvalue weighted by Crippen LogP contribution is 2.37. The van der Waals surface area contributed by atoms with Gasteiger partial charge in [0.25, 0.3) is 0 Å². The van der Waals surface area contributed by atoms with E-state index in [0.29, 0.717) is 5.56 Å². The van der Waals surface area contributed by atoms with Crippen molar-refractivity contribution < 1.29 is 0 Å². The second-order valence-electron chi connectivity index (χ2n) is 6.17. The third-order valence-electron chi connectivity index (χ3n) is 4.50. The number of rotatable bonds is 3. The lowest BCUT2D eigenvalue weighted by molar-refractivity contribution is 1.19. The zero-order valence-corrected chi connectivity index (χ0v) is 14.7. The Morgan fingerprint density at radius 2 is 1.63 bits per heavy atom. The van der Waals surface area contributed by atoms with E-state index in [1.165, 1.54) is 0 Å². The van der Waals surface area contributed by atoms with Crippen molar-refractivity contribution in [1.29, 1.82) is 5.26 Å². The lowest BCUT2D eigenvalue weighted by atomic mass is 9.92. The Labute approximate surface area is 158 Å². The standard InChI is InChI=1S/C24H17N3/c1-18-23(22-12-6-5-9-19(22)16-25)15-20(24-13-7-8-14-26-24)17-27(18)21-10-3-2-4-11-21/h2-15,17H,1H2. The number of hydrogen-bond acceptors (Lipinski definition) is 3. The van der Waals surface area contributed by atoms with Gasteiger partial charge in [0, 0.05) is 40.5 Å². The fourth-order valence-corrected chi connectivity index (χ4v) is 3.16. The van der Waals surface area contributed by atoms with E-state index in [1.807, 2.05) is 83.9 Å². The molecule has 4 rings (SSSR count). The molecule has 1 aliphatic rings. The molecule has 0 radical (unpaired) electrons. The molecule has 1 aliphatic heterocycles. The maximum absolute atomic E-state index is 9.55. The summed E-state index contributed by atoms with van der Waals surface area (Å²) >= 11 is 0. The van der Waals surface area contributed by atoms with Crippen LogP contribution in [0.15, 0.2) is 104 Å². The van der Waals surface area contributed by atoms with Crippen molar-refractivity contribution in [3.63, 3.8) is 0 Å². The van der Waals surface area contributed by atoms with Crippen LogP contribution >= 0.6 is 0 Å². The number of nitrogens with zero attached hydrogens (tertiary/aromatic N) is 3. The highest BCUT2D eigenvalue weighted by atomic mass is 15.1. The second kappa shape index (κ2) is 7.15. The third kappa shape index (κ3) is 3.17. The van der Waals surface area contributed by atoms with Gasteiger partial charge >= 0.3 is 0 Å². The van der Waals surface area contributed by atoms with Gasteiger partial charge in [-0.1, -0.05) is 49.0 Å². The zero-order chi connectivity index (χ0) is 18.6. The van der Waals surface area contributed by atoms with Crippen LogP contribution in [-0.2, 0) is 0 Å². The van der Waals surface area contributed by atoms with Crippen molar-refractivity contribution in [3.8, 4) is 6.07 Å². The number of benzene rings is 2. The summed E-state index contributed by atoms with van der Waals surface area (Å²) in [7, 11) is 0. The molecule has 0 saturated carbocycles. The average molecular weight is 347 g/mol. The second-order valence-corrected chi connectivity index (χ2v) is 6.17. The van der Waals surface area contributed by atoms with Crippen molar-refractivity contribution in [2.75, 3.05) is 4.90 Å². The summed E-state index contributed by atoms with van der Waals surface area (Å²) in [5.41, 5.74) is 6.08. The number of pyridine rings is 1. The van der Waals surface area contributed by atoms with Gasteiger partial charge in [-0.15, -0.1) is 0 Å². The maximum Gasteiger partial charge on any atom is 0.0998 e. The lowest BCUT2D eigenvalue weighted by Gasteiger charge is -2.30. The molecule has 0 amide bonds. The van der Waals surface area contributed by atoms with Crippen LogP contribution in [0.2, 0.25) is 0 Å². The Bertz CT molecular complexity index is 1090. The van der Waals surface area contributed by atoms with Gasteiger partial charge < -0.3 is 4.90 Å². The van der Waals surface area contributed by atoms with E-state index in [4.69, 9.17) is 0 Å². The van der Waals surface area contributed by atoms with Gasteiger partial charge in [0.05, 0.1) is 17.3 Å². The van der Waals surface area contributed by atoms with Crippen molar-refractivity contribution in [2.24, 2.45) is 0 Å². The summed E-state index contributed by atoms with van der Waals surface area (Å²) < 4.78 is 0. The summed E-state index contributed by atoms with van der Waals surface area (Å²) in [6.07, 6.45) is 5.88. The molecular formula is C24H17N3. The normalized spacial score (nSPS) is 13.6. The van der Waals surface area contributed by atoms with Gasteiger partial charge in [0.2, 0.25) is 0 Å². The molecule has 0 aliphatic carbocycles. The topological polar surface area (TPSA) is 39.9 Å². The van der Waals surface area contributed by atoms with Crippen molar-refractivity contribution >= 4 is 16.8 Å². The van der Waals surface area contributed by atoms with Gasteiger partial charge in [-0.3, -0.25) is 4.98 Å². The molecule has 0 spiro atoms. The molecule has 3 heteroatoms. The van der Waals surface area contributed by atoms with E-state index >= 15 is 0 Å². The minimum Gasteiger partial charge on any atom is -0.316 e. The van der Waals surface area contributed by atoms with E-state index in [1.54, 1.807) is 6.20 Å². The minimum absolute atomic E-state index is 0.625. The molecule has 0 N–H and O–H groups in total. The number of nitriles is 1. The zero-order valence-electron chi connectivity index (χ0n) is 14.7. The van der Waals surface area contributed by atoms with Crippen molar-refractivity contribution in [1.82, 2.24) is 4.98 Å². The van der Waals surface area contributed by atoms with Crippen LogP contribution in [0.5, 0.6) is 0 Å². The van der Waals surface area contributed by atoms with Gasteiger partial charge in [-0.05, 0) is 36.4 Å².